The summed E-state index contributed by atoms with van der Waals surface area (Å²) >= 11 is 7.57. The number of methoxy groups -OCH3 is 1. The van der Waals surface area contributed by atoms with Crippen molar-refractivity contribution in [1.82, 2.24) is 10.2 Å². The smallest absolute Gasteiger partial charge is 0.193 e. The number of hydrogen-bond acceptors (Lipinski definition) is 3. The van der Waals surface area contributed by atoms with Crippen LogP contribution in [0.4, 0.5) is 0 Å². The lowest BCUT2D eigenvalue weighted by molar-refractivity contribution is 0.414. The maximum absolute atomic E-state index is 5.95. The van der Waals surface area contributed by atoms with E-state index in [9.17, 15) is 0 Å². The van der Waals surface area contributed by atoms with Gasteiger partial charge in [-0.2, -0.15) is 0 Å². The van der Waals surface area contributed by atoms with Crippen LogP contribution in [0.3, 0.4) is 0 Å². The zero-order chi connectivity index (χ0) is 16.7. The quantitative estimate of drug-likeness (QED) is 0.637. The van der Waals surface area contributed by atoms with Crippen molar-refractivity contribution in [3.8, 4) is 5.75 Å². The monoisotopic (exact) mass is 351 g/mol. The van der Waals surface area contributed by atoms with E-state index in [4.69, 9.17) is 16.3 Å². The molecule has 6 heteroatoms. The first-order chi connectivity index (χ1) is 11.1. The van der Waals surface area contributed by atoms with E-state index in [1.165, 1.54) is 10.4 Å². The summed E-state index contributed by atoms with van der Waals surface area (Å²) in [5.41, 5.74) is 1.21. The number of halogens is 1. The highest BCUT2D eigenvalue weighted by atomic mass is 35.5. The molecule has 0 bridgehead atoms. The molecule has 2 rings (SSSR count). The fourth-order valence-electron chi connectivity index (χ4n) is 2.25. The van der Waals surface area contributed by atoms with Gasteiger partial charge in [0.1, 0.15) is 5.75 Å². The Hall–Kier alpha value is -1.72. The molecule has 1 N–H and O–H groups in total. The second-order valence-electron chi connectivity index (χ2n) is 5.13. The summed E-state index contributed by atoms with van der Waals surface area (Å²) in [7, 11) is 5.50. The highest BCUT2D eigenvalue weighted by Crippen LogP contribution is 2.21. The van der Waals surface area contributed by atoms with Crippen molar-refractivity contribution >= 4 is 28.9 Å². The lowest BCUT2D eigenvalue weighted by Gasteiger charge is -2.22. The van der Waals surface area contributed by atoms with Crippen LogP contribution in [0, 0.1) is 0 Å². The molecule has 124 valence electrons. The average molecular weight is 352 g/mol. The summed E-state index contributed by atoms with van der Waals surface area (Å²) in [5, 5.41) is 3.38. The maximum atomic E-state index is 5.95. The molecule has 0 amide bonds. The number of aliphatic imine (C=N–C) groups is 1. The molecule has 2 aromatic rings. The molecule has 1 heterocycles. The van der Waals surface area contributed by atoms with Gasteiger partial charge in [0.05, 0.1) is 11.4 Å². The first-order valence-corrected chi connectivity index (χ1v) is 8.60. The Bertz CT molecular complexity index is 640. The number of hydrogen-bond donors (Lipinski definition) is 1. The molecule has 0 aliphatic heterocycles. The number of nitrogens with zero attached hydrogens (tertiary/aromatic N) is 2. The molecule has 0 aliphatic carbocycles. The summed E-state index contributed by atoms with van der Waals surface area (Å²) in [6, 6.07) is 12.1. The van der Waals surface area contributed by atoms with Crippen LogP contribution in [-0.2, 0) is 13.0 Å². The van der Waals surface area contributed by atoms with Crippen LogP contribution in [0.2, 0.25) is 4.34 Å². The molecule has 0 aliphatic rings. The van der Waals surface area contributed by atoms with Crippen molar-refractivity contribution < 1.29 is 4.74 Å². The predicted octanol–water partition coefficient (Wildman–Crippen LogP) is 3.66. The highest BCUT2D eigenvalue weighted by Gasteiger charge is 2.07. The molecule has 1 aromatic carbocycles. The normalized spacial score (nSPS) is 11.4. The van der Waals surface area contributed by atoms with Gasteiger partial charge < -0.3 is 15.0 Å². The van der Waals surface area contributed by atoms with Gasteiger partial charge in [0.15, 0.2) is 5.96 Å². The maximum Gasteiger partial charge on any atom is 0.193 e. The number of benzene rings is 1. The van der Waals surface area contributed by atoms with E-state index < -0.39 is 0 Å². The lowest BCUT2D eigenvalue weighted by Crippen LogP contribution is -2.39. The van der Waals surface area contributed by atoms with E-state index in [1.807, 2.05) is 25.2 Å². The number of nitrogens with one attached hydrogen (secondary N) is 1. The van der Waals surface area contributed by atoms with Crippen LogP contribution in [-0.4, -0.2) is 38.6 Å². The summed E-state index contributed by atoms with van der Waals surface area (Å²) < 4.78 is 6.02. The van der Waals surface area contributed by atoms with Gasteiger partial charge in [-0.1, -0.05) is 23.7 Å². The average Bonchev–Trinajstić information content (AvgIpc) is 2.97. The zero-order valence-electron chi connectivity index (χ0n) is 13.7. The number of rotatable bonds is 6. The Morgan fingerprint density at radius 1 is 1.26 bits per heavy atom. The van der Waals surface area contributed by atoms with Gasteiger partial charge >= 0.3 is 0 Å². The Kier molecular flexibility index (Phi) is 6.74. The van der Waals surface area contributed by atoms with Gasteiger partial charge in [0, 0.05) is 32.1 Å². The molecule has 0 saturated carbocycles. The molecule has 0 spiro atoms. The van der Waals surface area contributed by atoms with Crippen molar-refractivity contribution in [3.63, 3.8) is 0 Å². The molecule has 0 fully saturated rings. The lowest BCUT2D eigenvalue weighted by atomic mass is 10.2. The van der Waals surface area contributed by atoms with Gasteiger partial charge in [-0.15, -0.1) is 11.3 Å². The van der Waals surface area contributed by atoms with Crippen molar-refractivity contribution in [2.45, 2.75) is 13.0 Å². The minimum absolute atomic E-state index is 0.786. The molecule has 1 aromatic heterocycles. The van der Waals surface area contributed by atoms with Crippen LogP contribution >= 0.6 is 22.9 Å². The van der Waals surface area contributed by atoms with E-state index in [-0.39, 0.29) is 0 Å². The summed E-state index contributed by atoms with van der Waals surface area (Å²) in [5.74, 6) is 1.75. The third-order valence-electron chi connectivity index (χ3n) is 3.44. The van der Waals surface area contributed by atoms with Crippen LogP contribution in [0.5, 0.6) is 5.75 Å². The molecule has 23 heavy (non-hydrogen) atoms. The van der Waals surface area contributed by atoms with Crippen LogP contribution in [0.25, 0.3) is 0 Å². The number of guanidine groups is 1. The zero-order valence-corrected chi connectivity index (χ0v) is 15.2. The molecule has 0 saturated heterocycles. The standard InChI is InChI=1S/C17H22ClN3OS/c1-19-17(20-11-10-15-8-9-16(18)23-15)21(2)12-13-4-6-14(22-3)7-5-13/h4-9H,10-12H2,1-3H3,(H,19,20). The molecule has 0 radical (unpaired) electrons. The van der Waals surface area contributed by atoms with Crippen molar-refractivity contribution in [3.05, 3.63) is 51.2 Å². The van der Waals surface area contributed by atoms with Crippen molar-refractivity contribution in [1.29, 1.82) is 0 Å². The summed E-state index contributed by atoms with van der Waals surface area (Å²) in [6.07, 6.45) is 0.937. The SMILES string of the molecule is CN=C(NCCc1ccc(Cl)s1)N(C)Cc1ccc(OC)cc1. The van der Waals surface area contributed by atoms with Crippen LogP contribution in [0.15, 0.2) is 41.4 Å². The van der Waals surface area contributed by atoms with E-state index in [0.717, 1.165) is 35.6 Å². The first kappa shape index (κ1) is 17.6. The molecule has 4 nitrogen and oxygen atoms in total. The first-order valence-electron chi connectivity index (χ1n) is 7.41. The van der Waals surface area contributed by atoms with E-state index >= 15 is 0 Å². The Morgan fingerprint density at radius 2 is 2.00 bits per heavy atom. The molecule has 0 atom stereocenters. The topological polar surface area (TPSA) is 36.9 Å². The third kappa shape index (κ3) is 5.44. The van der Waals surface area contributed by atoms with Gasteiger partial charge in [-0.25, -0.2) is 0 Å². The Balaban J connectivity index is 1.84. The third-order valence-corrected chi connectivity index (χ3v) is 4.73. The van der Waals surface area contributed by atoms with Crippen LogP contribution in [0.1, 0.15) is 10.4 Å². The van der Waals surface area contributed by atoms with Gasteiger partial charge in [-0.05, 0) is 36.2 Å². The second kappa shape index (κ2) is 8.79. The van der Waals surface area contributed by atoms with E-state index in [1.54, 1.807) is 25.5 Å². The number of ether oxygens (including phenoxy) is 1. The van der Waals surface area contributed by atoms with Gasteiger partial charge in [0.2, 0.25) is 0 Å². The molecular weight excluding hydrogens is 330 g/mol. The van der Waals surface area contributed by atoms with E-state index in [2.05, 4.69) is 33.4 Å². The Morgan fingerprint density at radius 3 is 2.57 bits per heavy atom. The predicted molar refractivity (Wildman–Crippen MR) is 98.9 cm³/mol. The summed E-state index contributed by atoms with van der Waals surface area (Å²) in [4.78, 5) is 7.71. The number of thiophene rings is 1. The largest absolute Gasteiger partial charge is 0.497 e. The minimum Gasteiger partial charge on any atom is -0.497 e. The molecule has 0 unspecified atom stereocenters. The van der Waals surface area contributed by atoms with Crippen molar-refractivity contribution in [2.75, 3.05) is 27.7 Å². The minimum atomic E-state index is 0.786. The van der Waals surface area contributed by atoms with Crippen LogP contribution < -0.4 is 10.1 Å². The van der Waals surface area contributed by atoms with Crippen molar-refractivity contribution in [2.24, 2.45) is 4.99 Å². The fraction of sp³-hybridized carbons (Fsp3) is 0.353. The summed E-state index contributed by atoms with van der Waals surface area (Å²) in [6.45, 7) is 1.62. The fourth-order valence-corrected chi connectivity index (χ4v) is 3.34. The second-order valence-corrected chi connectivity index (χ2v) is 6.93. The van der Waals surface area contributed by atoms with E-state index in [0.29, 0.717) is 0 Å². The highest BCUT2D eigenvalue weighted by molar-refractivity contribution is 7.16. The van der Waals surface area contributed by atoms with Gasteiger partial charge in [0.25, 0.3) is 0 Å². The Labute approximate surface area is 146 Å². The van der Waals surface area contributed by atoms with Gasteiger partial charge in [-0.3, -0.25) is 4.99 Å². The molecular formula is C17H22ClN3OS.